The lowest BCUT2D eigenvalue weighted by atomic mass is 10.1. The van der Waals surface area contributed by atoms with Crippen molar-refractivity contribution in [3.05, 3.63) is 52.8 Å². The van der Waals surface area contributed by atoms with E-state index in [-0.39, 0.29) is 5.91 Å². The molecule has 2 rings (SSSR count). The van der Waals surface area contributed by atoms with Gasteiger partial charge in [0.05, 0.1) is 7.11 Å². The van der Waals surface area contributed by atoms with E-state index in [0.717, 1.165) is 24.2 Å². The van der Waals surface area contributed by atoms with Crippen LogP contribution in [0.2, 0.25) is 0 Å². The minimum Gasteiger partial charge on any atom is -0.497 e. The summed E-state index contributed by atoms with van der Waals surface area (Å²) in [6, 6.07) is 9.98. The van der Waals surface area contributed by atoms with Gasteiger partial charge in [-0.25, -0.2) is 0 Å². The molecule has 0 aliphatic heterocycles. The fourth-order valence-corrected chi connectivity index (χ4v) is 2.52. The molecule has 4 heteroatoms. The molecule has 22 heavy (non-hydrogen) atoms. The lowest BCUT2D eigenvalue weighted by Gasteiger charge is -2.06. The van der Waals surface area contributed by atoms with E-state index < -0.39 is 0 Å². The largest absolute Gasteiger partial charge is 0.497 e. The summed E-state index contributed by atoms with van der Waals surface area (Å²) < 4.78 is 5.12. The second-order valence-electron chi connectivity index (χ2n) is 5.55. The summed E-state index contributed by atoms with van der Waals surface area (Å²) in [7, 11) is 1.65. The van der Waals surface area contributed by atoms with Crippen molar-refractivity contribution in [2.45, 2.75) is 33.1 Å². The normalized spacial score (nSPS) is 10.5. The van der Waals surface area contributed by atoms with E-state index in [0.29, 0.717) is 13.0 Å². The maximum atomic E-state index is 11.9. The third-order valence-corrected chi connectivity index (χ3v) is 3.77. The fraction of sp³-hybridized carbons (Fsp3) is 0.389. The van der Waals surface area contributed by atoms with Gasteiger partial charge in [-0.1, -0.05) is 12.1 Å². The van der Waals surface area contributed by atoms with Crippen molar-refractivity contribution in [3.8, 4) is 5.75 Å². The van der Waals surface area contributed by atoms with Gasteiger partial charge < -0.3 is 15.0 Å². The number of ether oxygens (including phenoxy) is 1. The SMILES string of the molecule is COc1ccc(CCC(=O)NCCc2cc(C)[nH]c2C)cc1. The van der Waals surface area contributed by atoms with E-state index in [1.54, 1.807) is 7.11 Å². The van der Waals surface area contributed by atoms with Gasteiger partial charge in [-0.2, -0.15) is 0 Å². The summed E-state index contributed by atoms with van der Waals surface area (Å²) in [5.41, 5.74) is 4.77. The first-order valence-electron chi connectivity index (χ1n) is 7.63. The van der Waals surface area contributed by atoms with Crippen molar-refractivity contribution in [1.82, 2.24) is 10.3 Å². The number of aryl methyl sites for hydroxylation is 3. The van der Waals surface area contributed by atoms with Crippen LogP contribution in [0.25, 0.3) is 0 Å². The summed E-state index contributed by atoms with van der Waals surface area (Å²) in [5.74, 6) is 0.936. The van der Waals surface area contributed by atoms with Crippen LogP contribution in [0.1, 0.15) is 28.9 Å². The predicted molar refractivity (Wildman–Crippen MR) is 88.3 cm³/mol. The number of benzene rings is 1. The van der Waals surface area contributed by atoms with E-state index in [2.05, 4.69) is 23.3 Å². The number of hydrogen-bond acceptors (Lipinski definition) is 2. The van der Waals surface area contributed by atoms with Crippen LogP contribution in [-0.2, 0) is 17.6 Å². The van der Waals surface area contributed by atoms with Crippen LogP contribution in [0.5, 0.6) is 5.75 Å². The third-order valence-electron chi connectivity index (χ3n) is 3.77. The average molecular weight is 300 g/mol. The first-order chi connectivity index (χ1) is 10.6. The maximum Gasteiger partial charge on any atom is 0.220 e. The number of aromatic nitrogens is 1. The second-order valence-corrected chi connectivity index (χ2v) is 5.55. The highest BCUT2D eigenvalue weighted by atomic mass is 16.5. The Kier molecular flexibility index (Phi) is 5.64. The molecule has 0 aliphatic rings. The van der Waals surface area contributed by atoms with E-state index in [4.69, 9.17) is 4.74 Å². The van der Waals surface area contributed by atoms with Crippen LogP contribution in [0.15, 0.2) is 30.3 Å². The Morgan fingerprint density at radius 2 is 1.91 bits per heavy atom. The number of aromatic amines is 1. The number of methoxy groups -OCH3 is 1. The van der Waals surface area contributed by atoms with Crippen molar-refractivity contribution < 1.29 is 9.53 Å². The molecule has 1 heterocycles. The topological polar surface area (TPSA) is 54.1 Å². The Balaban J connectivity index is 1.70. The number of hydrogen-bond donors (Lipinski definition) is 2. The molecule has 0 atom stereocenters. The van der Waals surface area contributed by atoms with Crippen LogP contribution >= 0.6 is 0 Å². The summed E-state index contributed by atoms with van der Waals surface area (Å²) in [6.45, 7) is 4.79. The summed E-state index contributed by atoms with van der Waals surface area (Å²) in [6.07, 6.45) is 2.13. The van der Waals surface area contributed by atoms with Gasteiger partial charge in [0, 0.05) is 24.4 Å². The van der Waals surface area contributed by atoms with Crippen molar-refractivity contribution in [1.29, 1.82) is 0 Å². The number of rotatable bonds is 7. The molecular weight excluding hydrogens is 276 g/mol. The molecule has 1 aromatic heterocycles. The third kappa shape index (κ3) is 4.65. The van der Waals surface area contributed by atoms with Crippen LogP contribution in [0.4, 0.5) is 0 Å². The van der Waals surface area contributed by atoms with Crippen molar-refractivity contribution in [3.63, 3.8) is 0 Å². The van der Waals surface area contributed by atoms with Gasteiger partial charge in [0.2, 0.25) is 5.91 Å². The zero-order valence-electron chi connectivity index (χ0n) is 13.5. The quantitative estimate of drug-likeness (QED) is 0.826. The van der Waals surface area contributed by atoms with Gasteiger partial charge in [-0.05, 0) is 56.0 Å². The number of amides is 1. The van der Waals surface area contributed by atoms with Crippen molar-refractivity contribution >= 4 is 5.91 Å². The van der Waals surface area contributed by atoms with E-state index in [1.165, 1.54) is 17.0 Å². The van der Waals surface area contributed by atoms with Gasteiger partial charge in [0.1, 0.15) is 5.75 Å². The van der Waals surface area contributed by atoms with Gasteiger partial charge >= 0.3 is 0 Å². The number of carbonyl (C=O) groups is 1. The highest BCUT2D eigenvalue weighted by molar-refractivity contribution is 5.76. The minimum atomic E-state index is 0.0979. The molecule has 0 fully saturated rings. The Hall–Kier alpha value is -2.23. The van der Waals surface area contributed by atoms with Crippen molar-refractivity contribution in [2.24, 2.45) is 0 Å². The van der Waals surface area contributed by atoms with E-state index in [1.807, 2.05) is 31.2 Å². The zero-order valence-corrected chi connectivity index (χ0v) is 13.5. The highest BCUT2D eigenvalue weighted by Gasteiger charge is 2.05. The first-order valence-corrected chi connectivity index (χ1v) is 7.63. The Morgan fingerprint density at radius 3 is 2.50 bits per heavy atom. The van der Waals surface area contributed by atoms with E-state index in [9.17, 15) is 4.79 Å². The van der Waals surface area contributed by atoms with Crippen LogP contribution in [0, 0.1) is 13.8 Å². The number of H-pyrrole nitrogens is 1. The molecule has 0 bridgehead atoms. The summed E-state index contributed by atoms with van der Waals surface area (Å²) in [4.78, 5) is 15.2. The zero-order chi connectivity index (χ0) is 15.9. The predicted octanol–water partition coefficient (Wildman–Crippen LogP) is 2.93. The van der Waals surface area contributed by atoms with Crippen LogP contribution in [0.3, 0.4) is 0 Å². The molecular formula is C18H24N2O2. The summed E-state index contributed by atoms with van der Waals surface area (Å²) in [5, 5.41) is 2.98. The molecule has 2 N–H and O–H groups in total. The average Bonchev–Trinajstić information content (AvgIpc) is 2.83. The summed E-state index contributed by atoms with van der Waals surface area (Å²) >= 11 is 0. The molecule has 2 aromatic rings. The molecule has 1 amide bonds. The highest BCUT2D eigenvalue weighted by Crippen LogP contribution is 2.12. The molecule has 0 saturated carbocycles. The standard InChI is InChI=1S/C18H24N2O2/c1-13-12-16(14(2)20-13)10-11-19-18(21)9-6-15-4-7-17(22-3)8-5-15/h4-5,7-8,12,20H,6,9-11H2,1-3H3,(H,19,21). The van der Waals surface area contributed by atoms with Crippen molar-refractivity contribution in [2.75, 3.05) is 13.7 Å². The number of nitrogens with one attached hydrogen (secondary N) is 2. The van der Waals surface area contributed by atoms with Gasteiger partial charge in [-0.15, -0.1) is 0 Å². The lowest BCUT2D eigenvalue weighted by molar-refractivity contribution is -0.121. The molecule has 0 unspecified atom stereocenters. The Labute approximate surface area is 131 Å². The maximum absolute atomic E-state index is 11.9. The van der Waals surface area contributed by atoms with Crippen LogP contribution in [-0.4, -0.2) is 24.5 Å². The smallest absolute Gasteiger partial charge is 0.220 e. The Morgan fingerprint density at radius 1 is 1.18 bits per heavy atom. The molecule has 0 aliphatic carbocycles. The lowest BCUT2D eigenvalue weighted by Crippen LogP contribution is -2.25. The van der Waals surface area contributed by atoms with Gasteiger partial charge in [-0.3, -0.25) is 4.79 Å². The number of carbonyl (C=O) groups excluding carboxylic acids is 1. The molecule has 1 aromatic carbocycles. The monoisotopic (exact) mass is 300 g/mol. The first kappa shape index (κ1) is 16.1. The minimum absolute atomic E-state index is 0.0979. The van der Waals surface area contributed by atoms with Gasteiger partial charge in [0.25, 0.3) is 0 Å². The fourth-order valence-electron chi connectivity index (χ4n) is 2.52. The van der Waals surface area contributed by atoms with Gasteiger partial charge in [0.15, 0.2) is 0 Å². The second kappa shape index (κ2) is 7.69. The molecule has 0 radical (unpaired) electrons. The molecule has 0 spiro atoms. The molecule has 4 nitrogen and oxygen atoms in total. The molecule has 0 saturated heterocycles. The van der Waals surface area contributed by atoms with Crippen LogP contribution < -0.4 is 10.1 Å². The molecule has 118 valence electrons. The van der Waals surface area contributed by atoms with E-state index >= 15 is 0 Å². The Bertz CT molecular complexity index is 615.